The molecule has 0 amide bonds. The average Bonchev–Trinajstić information content (AvgIpc) is 2.39. The van der Waals surface area contributed by atoms with Crippen molar-refractivity contribution in [2.24, 2.45) is 0 Å². The quantitative estimate of drug-likeness (QED) is 0.580. The summed E-state index contributed by atoms with van der Waals surface area (Å²) in [5.41, 5.74) is 1.46. The van der Waals surface area contributed by atoms with E-state index in [2.05, 4.69) is 16.0 Å². The van der Waals surface area contributed by atoms with E-state index >= 15 is 0 Å². The predicted octanol–water partition coefficient (Wildman–Crippen LogP) is 3.65. The van der Waals surface area contributed by atoms with Crippen LogP contribution in [-0.2, 0) is 0 Å². The van der Waals surface area contributed by atoms with Gasteiger partial charge in [-0.15, -0.1) is 0 Å². The maximum atomic E-state index is 14.1. The van der Waals surface area contributed by atoms with Crippen molar-refractivity contribution in [3.8, 4) is 0 Å². The van der Waals surface area contributed by atoms with E-state index in [1.165, 1.54) is 0 Å². The molecule has 0 bridgehead atoms. The summed E-state index contributed by atoms with van der Waals surface area (Å²) < 4.78 is 14.6. The van der Waals surface area contributed by atoms with Crippen molar-refractivity contribution in [2.75, 3.05) is 0 Å². The molecule has 16 heavy (non-hydrogen) atoms. The van der Waals surface area contributed by atoms with Gasteiger partial charge in [0.15, 0.2) is 0 Å². The van der Waals surface area contributed by atoms with Crippen LogP contribution in [0.15, 0.2) is 60.7 Å². The van der Waals surface area contributed by atoms with Gasteiger partial charge in [0.25, 0.3) is 0 Å². The van der Waals surface area contributed by atoms with Crippen molar-refractivity contribution in [2.45, 2.75) is 0 Å². The number of benzene rings is 2. The minimum atomic E-state index is -0.216. The van der Waals surface area contributed by atoms with Gasteiger partial charge in [-0.3, -0.25) is 0 Å². The molecule has 0 N–H and O–H groups in total. The fraction of sp³-hybridized carbons (Fsp3) is 0. The van der Waals surface area contributed by atoms with E-state index in [1.54, 1.807) is 12.1 Å². The van der Waals surface area contributed by atoms with Crippen LogP contribution in [0.5, 0.6) is 0 Å². The molecule has 0 spiro atoms. The third-order valence-electron chi connectivity index (χ3n) is 2.26. The molecular weight excluding hydrogens is 266 g/mol. The molecule has 2 heteroatoms. The number of rotatable bonds is 2. The van der Waals surface area contributed by atoms with Gasteiger partial charge in [-0.05, 0) is 0 Å². The zero-order chi connectivity index (χ0) is 11.4. The molecule has 0 saturated heterocycles. The summed E-state index contributed by atoms with van der Waals surface area (Å²) in [7, 11) is 0. The second kappa shape index (κ2) is 5.11. The predicted molar refractivity (Wildman–Crippen MR) is 66.6 cm³/mol. The van der Waals surface area contributed by atoms with E-state index in [0.717, 1.165) is 5.56 Å². The second-order valence-electron chi connectivity index (χ2n) is 3.38. The van der Waals surface area contributed by atoms with Gasteiger partial charge in [0, 0.05) is 0 Å². The van der Waals surface area contributed by atoms with Gasteiger partial charge < -0.3 is 0 Å². The molecule has 79 valence electrons. The van der Waals surface area contributed by atoms with Gasteiger partial charge in [-0.1, -0.05) is 0 Å². The van der Waals surface area contributed by atoms with Gasteiger partial charge in [0.2, 0.25) is 0 Å². The molecule has 0 saturated carbocycles. The van der Waals surface area contributed by atoms with Crippen LogP contribution in [0.25, 0.3) is 10.3 Å². The molecule has 0 aromatic heterocycles. The molecule has 0 atom stereocenters. The average molecular weight is 276 g/mol. The van der Waals surface area contributed by atoms with Crippen molar-refractivity contribution in [1.82, 2.24) is 0 Å². The molecule has 2 aromatic rings. The van der Waals surface area contributed by atoms with Crippen LogP contribution in [0.2, 0.25) is 0 Å². The van der Waals surface area contributed by atoms with Crippen LogP contribution in [-0.4, -0.2) is 16.0 Å². The Labute approximate surface area is 103 Å². The molecule has 0 heterocycles. The van der Waals surface area contributed by atoms with E-state index in [0.29, 0.717) is 10.0 Å². The van der Waals surface area contributed by atoms with E-state index in [-0.39, 0.29) is 5.83 Å². The first-order valence-corrected chi connectivity index (χ1v) is 5.82. The Balaban J connectivity index is 2.43. The van der Waals surface area contributed by atoms with Crippen LogP contribution in [0.1, 0.15) is 11.1 Å². The first-order valence-electron chi connectivity index (χ1n) is 4.96. The minimum absolute atomic E-state index is 0.216. The van der Waals surface area contributed by atoms with Gasteiger partial charge >= 0.3 is 102 Å². The molecule has 2 rings (SSSR count). The standard InChI is InChI=1S/C14H10FSe/c15-13(11-7-3-1-4-8-11)14(16)12-9-5-2-6-10-12/h1-10H/b14-13+. The molecular formula is C14H10FSe. The Morgan fingerprint density at radius 3 is 1.69 bits per heavy atom. The summed E-state index contributed by atoms with van der Waals surface area (Å²) in [5.74, 6) is -0.216. The fourth-order valence-electron chi connectivity index (χ4n) is 1.43. The normalized spacial score (nSPS) is 12.1. The van der Waals surface area contributed by atoms with Crippen LogP contribution >= 0.6 is 0 Å². The Morgan fingerprint density at radius 2 is 1.19 bits per heavy atom. The molecule has 0 aliphatic heterocycles. The van der Waals surface area contributed by atoms with Crippen molar-refractivity contribution in [1.29, 1.82) is 0 Å². The number of hydrogen-bond donors (Lipinski definition) is 0. The number of hydrogen-bond acceptors (Lipinski definition) is 0. The Morgan fingerprint density at radius 1 is 0.750 bits per heavy atom. The van der Waals surface area contributed by atoms with Crippen LogP contribution in [0.4, 0.5) is 4.39 Å². The van der Waals surface area contributed by atoms with Crippen LogP contribution in [0, 0.1) is 0 Å². The monoisotopic (exact) mass is 277 g/mol. The second-order valence-corrected chi connectivity index (χ2v) is 4.23. The summed E-state index contributed by atoms with van der Waals surface area (Å²) in [6, 6.07) is 18.5. The Bertz CT molecular complexity index is 441. The van der Waals surface area contributed by atoms with Crippen molar-refractivity contribution >= 4 is 26.3 Å². The van der Waals surface area contributed by atoms with E-state index in [9.17, 15) is 4.39 Å². The Kier molecular flexibility index (Phi) is 3.55. The Hall–Kier alpha value is -1.37. The molecule has 0 fully saturated rings. The van der Waals surface area contributed by atoms with Gasteiger partial charge in [0.1, 0.15) is 0 Å². The van der Waals surface area contributed by atoms with E-state index < -0.39 is 0 Å². The summed E-state index contributed by atoms with van der Waals surface area (Å²) in [6.45, 7) is 0. The van der Waals surface area contributed by atoms with Crippen molar-refractivity contribution in [3.63, 3.8) is 0 Å². The van der Waals surface area contributed by atoms with Crippen molar-refractivity contribution < 1.29 is 4.39 Å². The van der Waals surface area contributed by atoms with Crippen LogP contribution < -0.4 is 0 Å². The van der Waals surface area contributed by atoms with Crippen LogP contribution in [0.3, 0.4) is 0 Å². The zero-order valence-corrected chi connectivity index (χ0v) is 10.3. The van der Waals surface area contributed by atoms with Gasteiger partial charge in [-0.25, -0.2) is 0 Å². The first kappa shape index (κ1) is 11.1. The number of halogens is 1. The van der Waals surface area contributed by atoms with Crippen molar-refractivity contribution in [3.05, 3.63) is 71.8 Å². The summed E-state index contributed by atoms with van der Waals surface area (Å²) >= 11 is 2.80. The molecule has 2 aromatic carbocycles. The van der Waals surface area contributed by atoms with Gasteiger partial charge in [-0.2, -0.15) is 0 Å². The molecule has 0 unspecified atom stereocenters. The zero-order valence-electron chi connectivity index (χ0n) is 8.56. The fourth-order valence-corrected chi connectivity index (χ4v) is 1.96. The molecule has 0 aliphatic rings. The molecule has 0 nitrogen and oxygen atoms in total. The first-order chi connectivity index (χ1) is 7.79. The van der Waals surface area contributed by atoms with E-state index in [1.807, 2.05) is 48.5 Å². The SMILES string of the molecule is F/C(=C(/[Se])c1ccccc1)c1ccccc1. The van der Waals surface area contributed by atoms with Gasteiger partial charge in [0.05, 0.1) is 0 Å². The molecule has 0 aliphatic carbocycles. The maximum absolute atomic E-state index is 14.1. The topological polar surface area (TPSA) is 0 Å². The summed E-state index contributed by atoms with van der Waals surface area (Å²) in [4.78, 5) is 0. The molecule has 1 radical (unpaired) electrons. The summed E-state index contributed by atoms with van der Waals surface area (Å²) in [5, 5.41) is 0. The third kappa shape index (κ3) is 2.41. The third-order valence-corrected chi connectivity index (χ3v) is 3.13. The van der Waals surface area contributed by atoms with E-state index in [4.69, 9.17) is 0 Å². The summed E-state index contributed by atoms with van der Waals surface area (Å²) in [6.07, 6.45) is 0.